The minimum absolute atomic E-state index is 0.489. The van der Waals surface area contributed by atoms with Gasteiger partial charge in [-0.2, -0.15) is 0 Å². The maximum absolute atomic E-state index is 5.75. The molecule has 0 aromatic carbocycles. The topological polar surface area (TPSA) is 24.5 Å². The summed E-state index contributed by atoms with van der Waals surface area (Å²) in [5.74, 6) is 1.76. The van der Waals surface area contributed by atoms with Crippen molar-refractivity contribution in [2.45, 2.75) is 57.6 Å². The van der Waals surface area contributed by atoms with E-state index in [1.54, 1.807) is 0 Å². The monoisotopic (exact) mass is 268 g/mol. The quantitative estimate of drug-likeness (QED) is 0.801. The molecule has 1 aliphatic heterocycles. The van der Waals surface area contributed by atoms with E-state index in [1.165, 1.54) is 45.1 Å². The Labute approximate surface area is 119 Å². The Morgan fingerprint density at radius 1 is 1.21 bits per heavy atom. The highest BCUT2D eigenvalue weighted by molar-refractivity contribution is 4.85. The Balaban J connectivity index is 1.79. The van der Waals surface area contributed by atoms with Gasteiger partial charge in [-0.25, -0.2) is 0 Å². The van der Waals surface area contributed by atoms with Crippen molar-refractivity contribution in [2.24, 2.45) is 11.8 Å². The molecule has 0 aromatic heterocycles. The van der Waals surface area contributed by atoms with Gasteiger partial charge in [0.25, 0.3) is 0 Å². The van der Waals surface area contributed by atoms with E-state index in [4.69, 9.17) is 4.74 Å². The average Bonchev–Trinajstić information content (AvgIpc) is 2.91. The normalized spacial score (nSPS) is 36.0. The minimum atomic E-state index is 0.489. The summed E-state index contributed by atoms with van der Waals surface area (Å²) in [6.45, 7) is 5.65. The molecule has 0 radical (unpaired) electrons. The van der Waals surface area contributed by atoms with Crippen molar-refractivity contribution in [1.82, 2.24) is 10.2 Å². The summed E-state index contributed by atoms with van der Waals surface area (Å²) in [5.41, 5.74) is 0. The third-order valence-corrected chi connectivity index (χ3v) is 5.12. The van der Waals surface area contributed by atoms with Crippen molar-refractivity contribution in [3.05, 3.63) is 0 Å². The molecular formula is C16H32N2O. The van der Waals surface area contributed by atoms with Crippen molar-refractivity contribution in [3.63, 3.8) is 0 Å². The highest BCUT2D eigenvalue weighted by Gasteiger charge is 2.30. The lowest BCUT2D eigenvalue weighted by Gasteiger charge is -2.38. The summed E-state index contributed by atoms with van der Waals surface area (Å²) in [7, 11) is 4.40. The number of nitrogens with zero attached hydrogens (tertiary/aromatic N) is 1. The molecule has 0 aromatic rings. The fourth-order valence-corrected chi connectivity index (χ4v) is 3.92. The first kappa shape index (κ1) is 15.3. The fourth-order valence-electron chi connectivity index (χ4n) is 3.92. The van der Waals surface area contributed by atoms with Gasteiger partial charge in [0, 0.05) is 25.7 Å². The van der Waals surface area contributed by atoms with Gasteiger partial charge in [0.15, 0.2) is 0 Å². The van der Waals surface area contributed by atoms with Crippen LogP contribution < -0.4 is 5.32 Å². The van der Waals surface area contributed by atoms with E-state index in [2.05, 4.69) is 31.2 Å². The zero-order valence-electron chi connectivity index (χ0n) is 13.0. The summed E-state index contributed by atoms with van der Waals surface area (Å²) in [6.07, 6.45) is 8.51. The summed E-state index contributed by atoms with van der Waals surface area (Å²) in [5, 5.41) is 3.54. The van der Waals surface area contributed by atoms with Gasteiger partial charge in [0.2, 0.25) is 0 Å². The number of rotatable bonds is 6. The van der Waals surface area contributed by atoms with Crippen LogP contribution in [0.1, 0.15) is 45.4 Å². The molecule has 1 saturated heterocycles. The smallest absolute Gasteiger partial charge is 0.0702 e. The number of ether oxygens (including phenoxy) is 1. The number of nitrogens with one attached hydrogen (secondary N) is 1. The molecule has 1 heterocycles. The lowest BCUT2D eigenvalue weighted by Crippen LogP contribution is -2.45. The molecule has 2 fully saturated rings. The second-order valence-corrected chi connectivity index (χ2v) is 6.60. The van der Waals surface area contributed by atoms with Gasteiger partial charge < -0.3 is 15.0 Å². The highest BCUT2D eigenvalue weighted by Crippen LogP contribution is 2.31. The maximum Gasteiger partial charge on any atom is 0.0702 e. The minimum Gasteiger partial charge on any atom is -0.377 e. The number of likely N-dealkylation sites (N-methyl/N-ethyl adjacent to an activating group) is 1. The highest BCUT2D eigenvalue weighted by atomic mass is 16.5. The van der Waals surface area contributed by atoms with Crippen LogP contribution in [-0.2, 0) is 4.74 Å². The largest absolute Gasteiger partial charge is 0.377 e. The van der Waals surface area contributed by atoms with Crippen molar-refractivity contribution in [2.75, 3.05) is 33.8 Å². The predicted molar refractivity (Wildman–Crippen MR) is 80.4 cm³/mol. The molecule has 0 bridgehead atoms. The summed E-state index contributed by atoms with van der Waals surface area (Å²) in [6, 6.07) is 0.717. The zero-order chi connectivity index (χ0) is 13.7. The molecule has 0 amide bonds. The Kier molecular flexibility index (Phi) is 6.11. The molecule has 1 aliphatic carbocycles. The van der Waals surface area contributed by atoms with Crippen LogP contribution in [0, 0.1) is 11.8 Å². The van der Waals surface area contributed by atoms with Crippen molar-refractivity contribution in [3.8, 4) is 0 Å². The Bertz CT molecular complexity index is 253. The van der Waals surface area contributed by atoms with Crippen LogP contribution in [0.3, 0.4) is 0 Å². The van der Waals surface area contributed by atoms with Crippen LogP contribution in [0.2, 0.25) is 0 Å². The van der Waals surface area contributed by atoms with Crippen molar-refractivity contribution in [1.29, 1.82) is 0 Å². The molecule has 1 saturated carbocycles. The van der Waals surface area contributed by atoms with E-state index in [0.29, 0.717) is 6.10 Å². The van der Waals surface area contributed by atoms with E-state index < -0.39 is 0 Å². The molecule has 4 atom stereocenters. The number of hydrogen-bond acceptors (Lipinski definition) is 3. The van der Waals surface area contributed by atoms with Gasteiger partial charge in [0.1, 0.15) is 0 Å². The van der Waals surface area contributed by atoms with Crippen LogP contribution in [0.15, 0.2) is 0 Å². The third kappa shape index (κ3) is 4.44. The van der Waals surface area contributed by atoms with Crippen LogP contribution in [-0.4, -0.2) is 50.8 Å². The predicted octanol–water partition coefficient (Wildman–Crippen LogP) is 2.51. The van der Waals surface area contributed by atoms with E-state index in [-0.39, 0.29) is 0 Å². The Hall–Kier alpha value is -0.120. The van der Waals surface area contributed by atoms with Crippen LogP contribution in [0.4, 0.5) is 0 Å². The first-order chi connectivity index (χ1) is 9.22. The van der Waals surface area contributed by atoms with Gasteiger partial charge in [-0.15, -0.1) is 0 Å². The lowest BCUT2D eigenvalue weighted by atomic mass is 9.76. The van der Waals surface area contributed by atoms with Gasteiger partial charge in [-0.05, 0) is 58.0 Å². The summed E-state index contributed by atoms with van der Waals surface area (Å²) >= 11 is 0. The standard InChI is InChI=1S/C16H32N2O/c1-4-13-7-8-16(17-2)14(10-13)11-18(3)12-15-6-5-9-19-15/h13-17H,4-12H2,1-3H3. The third-order valence-electron chi connectivity index (χ3n) is 5.12. The second kappa shape index (κ2) is 7.61. The van der Waals surface area contributed by atoms with Crippen LogP contribution in [0.5, 0.6) is 0 Å². The first-order valence-corrected chi connectivity index (χ1v) is 8.20. The van der Waals surface area contributed by atoms with Gasteiger partial charge in [-0.1, -0.05) is 13.3 Å². The zero-order valence-corrected chi connectivity index (χ0v) is 13.0. The van der Waals surface area contributed by atoms with Crippen LogP contribution >= 0.6 is 0 Å². The summed E-state index contributed by atoms with van der Waals surface area (Å²) < 4.78 is 5.75. The fraction of sp³-hybridized carbons (Fsp3) is 1.00. The number of hydrogen-bond donors (Lipinski definition) is 1. The molecule has 3 nitrogen and oxygen atoms in total. The van der Waals surface area contributed by atoms with Crippen LogP contribution in [0.25, 0.3) is 0 Å². The molecule has 19 heavy (non-hydrogen) atoms. The van der Waals surface area contributed by atoms with E-state index >= 15 is 0 Å². The average molecular weight is 268 g/mol. The molecular weight excluding hydrogens is 236 g/mol. The summed E-state index contributed by atoms with van der Waals surface area (Å²) in [4.78, 5) is 2.50. The maximum atomic E-state index is 5.75. The second-order valence-electron chi connectivity index (χ2n) is 6.60. The molecule has 2 aliphatic rings. The van der Waals surface area contributed by atoms with E-state index in [9.17, 15) is 0 Å². The molecule has 3 heteroatoms. The van der Waals surface area contributed by atoms with E-state index in [0.717, 1.165) is 31.0 Å². The molecule has 4 unspecified atom stereocenters. The lowest BCUT2D eigenvalue weighted by molar-refractivity contribution is 0.0679. The first-order valence-electron chi connectivity index (χ1n) is 8.20. The van der Waals surface area contributed by atoms with Crippen molar-refractivity contribution >= 4 is 0 Å². The molecule has 0 spiro atoms. The Morgan fingerprint density at radius 3 is 2.68 bits per heavy atom. The van der Waals surface area contributed by atoms with E-state index in [1.807, 2.05) is 0 Å². The molecule has 112 valence electrons. The van der Waals surface area contributed by atoms with Gasteiger partial charge in [-0.3, -0.25) is 0 Å². The molecule has 2 rings (SSSR count). The van der Waals surface area contributed by atoms with Crippen molar-refractivity contribution < 1.29 is 4.74 Å². The van der Waals surface area contributed by atoms with Gasteiger partial charge in [0.05, 0.1) is 6.10 Å². The SMILES string of the molecule is CCC1CCC(NC)C(CN(C)CC2CCCO2)C1. The van der Waals surface area contributed by atoms with Gasteiger partial charge >= 0.3 is 0 Å². The Morgan fingerprint density at radius 2 is 2.05 bits per heavy atom. The molecule has 1 N–H and O–H groups in total.